The van der Waals surface area contributed by atoms with Gasteiger partial charge in [-0.2, -0.15) is 0 Å². The van der Waals surface area contributed by atoms with Crippen LogP contribution in [0.15, 0.2) is 209 Å². The first-order valence-electron chi connectivity index (χ1n) is 23.7. The molecule has 8 atom stereocenters. The summed E-state index contributed by atoms with van der Waals surface area (Å²) in [6.07, 6.45) is 69.2. The Morgan fingerprint density at radius 2 is 1.52 bits per heavy atom. The Kier molecular flexibility index (Phi) is 9.51. The van der Waals surface area contributed by atoms with Gasteiger partial charge in [0.1, 0.15) is 0 Å². The number of hydrogen-bond donors (Lipinski definition) is 0. The van der Waals surface area contributed by atoms with E-state index in [1.54, 1.807) is 16.7 Å². The number of benzene rings is 1. The molecule has 2 aromatic rings. The molecular weight excluding hydrogens is 799 g/mol. The third-order valence-corrected chi connectivity index (χ3v) is 18.2. The summed E-state index contributed by atoms with van der Waals surface area (Å²) in [4.78, 5) is 5.72. The van der Waals surface area contributed by atoms with Gasteiger partial charge in [0.25, 0.3) is 0 Å². The molecule has 1 aromatic heterocycles. The molecule has 10 aliphatic carbocycles. The molecule has 0 radical (unpaired) electrons. The van der Waals surface area contributed by atoms with Crippen molar-refractivity contribution in [1.82, 2.24) is 0 Å². The van der Waals surface area contributed by atoms with Crippen LogP contribution in [0.4, 0.5) is 5.69 Å². The van der Waals surface area contributed by atoms with Crippen LogP contribution in [0.2, 0.25) is 0 Å². The highest BCUT2D eigenvalue weighted by atomic mass is 32.2. The third-order valence-electron chi connectivity index (χ3n) is 15.5. The number of thiophene rings is 1. The maximum absolute atomic E-state index is 2.66. The minimum absolute atomic E-state index is 0.317. The van der Waals surface area contributed by atoms with Crippen molar-refractivity contribution in [3.05, 3.63) is 234 Å². The first kappa shape index (κ1) is 38.1. The number of anilines is 1. The SMILES string of the molecule is C1=CCC(C2=CCCc3c2sc2c3=CCCC=2N(C2=CC3C=CC4=C(C=CC(C5=CC6SC7=C(CCC=C7)C6C=C5)C4)C3C=C2)c2ccc(C3C=CC=C4C=CC=CC43)cc2)C=C1. The number of rotatable bonds is 6. The maximum Gasteiger partial charge on any atom is 0.0547 e. The zero-order valence-corrected chi connectivity index (χ0v) is 37.4. The lowest BCUT2D eigenvalue weighted by atomic mass is 9.71. The number of allylic oxidation sites excluding steroid dienone is 29. The van der Waals surface area contributed by atoms with E-state index in [0.29, 0.717) is 46.7 Å². The van der Waals surface area contributed by atoms with Gasteiger partial charge in [-0.25, -0.2) is 0 Å². The van der Waals surface area contributed by atoms with Crippen LogP contribution in [0.1, 0.15) is 66.9 Å². The summed E-state index contributed by atoms with van der Waals surface area (Å²) in [7, 11) is 0. The minimum atomic E-state index is 0.317. The Hall–Kier alpha value is -5.35. The summed E-state index contributed by atoms with van der Waals surface area (Å²) in [6, 6.07) is 9.65. The molecule has 1 aliphatic heterocycles. The second-order valence-electron chi connectivity index (χ2n) is 19.0. The Bertz CT molecular complexity index is 2960. The molecule has 1 nitrogen and oxygen atoms in total. The van der Waals surface area contributed by atoms with Crippen LogP contribution in [-0.2, 0) is 6.42 Å². The van der Waals surface area contributed by atoms with Crippen molar-refractivity contribution >= 4 is 46.1 Å². The Labute approximate surface area is 381 Å². The monoisotopic (exact) mass is 851 g/mol. The van der Waals surface area contributed by atoms with E-state index >= 15 is 0 Å². The summed E-state index contributed by atoms with van der Waals surface area (Å²) in [6.45, 7) is 0. The average Bonchev–Trinajstić information content (AvgIpc) is 3.93. The van der Waals surface area contributed by atoms with Gasteiger partial charge in [-0.3, -0.25) is 0 Å². The highest BCUT2D eigenvalue weighted by molar-refractivity contribution is 8.04. The second kappa shape index (κ2) is 15.7. The zero-order valence-electron chi connectivity index (χ0n) is 35.8. The molecule has 0 amide bonds. The van der Waals surface area contributed by atoms with E-state index in [-0.39, 0.29) is 0 Å². The van der Waals surface area contributed by atoms with E-state index < -0.39 is 0 Å². The van der Waals surface area contributed by atoms with E-state index in [2.05, 4.69) is 204 Å². The van der Waals surface area contributed by atoms with Gasteiger partial charge in [0.15, 0.2) is 0 Å². The quantitative estimate of drug-likeness (QED) is 0.285. The van der Waals surface area contributed by atoms with Gasteiger partial charge in [-0.15, -0.1) is 23.1 Å². The molecule has 3 heteroatoms. The van der Waals surface area contributed by atoms with E-state index in [9.17, 15) is 0 Å². The molecule has 8 unspecified atom stereocenters. The standard InChI is InChI=1S/C60H53NS2/c1-2-11-39(12-3-1)51-18-9-19-54-55-20-10-21-56(60(55)63-59(51)54)61(45-29-25-40(26-30-45)48-17-8-14-38-13-4-5-15-47(38)48)46-31-34-50-44(36-46)24-23-43-35-41(27-32-49(43)50)42-28-33-53-52-16-6-7-22-57(52)62-58(53)37-42/h1-5,7-8,11,13-15,17-18,20,22-34,36-37,39,41,44,47-48,50,53,58H,6,9-10,12,16,19,21,35H2. The highest BCUT2D eigenvalue weighted by Crippen LogP contribution is 2.51. The smallest absolute Gasteiger partial charge is 0.0547 e. The topological polar surface area (TPSA) is 3.24 Å². The van der Waals surface area contributed by atoms with Crippen molar-refractivity contribution in [2.24, 2.45) is 35.5 Å². The predicted octanol–water partition coefficient (Wildman–Crippen LogP) is 13.7. The zero-order chi connectivity index (χ0) is 41.4. The van der Waals surface area contributed by atoms with Gasteiger partial charge in [0.05, 0.1) is 4.53 Å². The molecule has 2 heterocycles. The summed E-state index contributed by atoms with van der Waals surface area (Å²) >= 11 is 4.16. The second-order valence-corrected chi connectivity index (χ2v) is 21.2. The van der Waals surface area contributed by atoms with Gasteiger partial charge in [-0.1, -0.05) is 158 Å². The lowest BCUT2D eigenvalue weighted by Gasteiger charge is -2.37. The van der Waals surface area contributed by atoms with Crippen molar-refractivity contribution in [1.29, 1.82) is 0 Å². The van der Waals surface area contributed by atoms with E-state index in [1.807, 2.05) is 0 Å². The van der Waals surface area contributed by atoms with Crippen LogP contribution < -0.4 is 14.7 Å². The number of thioether (sulfide) groups is 1. The van der Waals surface area contributed by atoms with Crippen LogP contribution in [-0.4, -0.2) is 5.25 Å². The minimum Gasteiger partial charge on any atom is -0.313 e. The molecule has 0 bridgehead atoms. The van der Waals surface area contributed by atoms with Crippen LogP contribution in [0.25, 0.3) is 17.3 Å². The molecule has 310 valence electrons. The predicted molar refractivity (Wildman–Crippen MR) is 269 cm³/mol. The molecule has 0 spiro atoms. The molecular formula is C60H53NS2. The summed E-state index contributed by atoms with van der Waals surface area (Å²) in [5.74, 6) is 2.90. The van der Waals surface area contributed by atoms with Gasteiger partial charge >= 0.3 is 0 Å². The van der Waals surface area contributed by atoms with Crippen LogP contribution in [0.3, 0.4) is 0 Å². The van der Waals surface area contributed by atoms with Crippen molar-refractivity contribution in [3.8, 4) is 0 Å². The summed E-state index contributed by atoms with van der Waals surface area (Å²) in [5.41, 5.74) is 16.1. The Morgan fingerprint density at radius 1 is 0.619 bits per heavy atom. The van der Waals surface area contributed by atoms with Gasteiger partial charge in [0, 0.05) is 73.5 Å². The third kappa shape index (κ3) is 6.56. The number of hydrogen-bond acceptors (Lipinski definition) is 3. The summed E-state index contributed by atoms with van der Waals surface area (Å²) < 4.78 is 1.48. The molecule has 0 N–H and O–H groups in total. The maximum atomic E-state index is 2.66. The Morgan fingerprint density at radius 3 is 2.46 bits per heavy atom. The van der Waals surface area contributed by atoms with E-state index in [4.69, 9.17) is 0 Å². The Balaban J connectivity index is 0.835. The van der Waals surface area contributed by atoms with Crippen molar-refractivity contribution in [3.63, 3.8) is 0 Å². The van der Waals surface area contributed by atoms with E-state index in [0.717, 1.165) is 38.5 Å². The normalized spacial score (nSPS) is 31.3. The molecule has 0 fully saturated rings. The number of fused-ring (bicyclic) bond motifs is 8. The molecule has 11 aliphatic rings. The lowest BCUT2D eigenvalue weighted by Crippen LogP contribution is -2.35. The average molecular weight is 852 g/mol. The fourth-order valence-electron chi connectivity index (χ4n) is 12.4. The van der Waals surface area contributed by atoms with Crippen LogP contribution >= 0.6 is 23.1 Å². The highest BCUT2D eigenvalue weighted by Gasteiger charge is 2.37. The van der Waals surface area contributed by atoms with Gasteiger partial charge < -0.3 is 4.90 Å². The first-order chi connectivity index (χ1) is 31.2. The van der Waals surface area contributed by atoms with Crippen molar-refractivity contribution in [2.45, 2.75) is 62.5 Å². The molecule has 1 aromatic carbocycles. The van der Waals surface area contributed by atoms with Crippen molar-refractivity contribution < 1.29 is 0 Å². The lowest BCUT2D eigenvalue weighted by molar-refractivity contribution is 0.600. The molecule has 0 saturated carbocycles. The van der Waals surface area contributed by atoms with Crippen molar-refractivity contribution in [2.75, 3.05) is 4.90 Å². The van der Waals surface area contributed by atoms with Crippen LogP contribution in [0.5, 0.6) is 0 Å². The van der Waals surface area contributed by atoms with E-state index in [1.165, 1.54) is 77.3 Å². The molecule has 63 heavy (non-hydrogen) atoms. The fraction of sp³-hybridized carbons (Fsp3) is 0.267. The summed E-state index contributed by atoms with van der Waals surface area (Å²) in [5, 5.41) is 2.06. The van der Waals surface area contributed by atoms with Gasteiger partial charge in [-0.05, 0) is 119 Å². The number of nitrogens with zero attached hydrogens (tertiary/aromatic N) is 1. The first-order valence-corrected chi connectivity index (χ1v) is 25.4. The van der Waals surface area contributed by atoms with Gasteiger partial charge in [0.2, 0.25) is 0 Å². The molecule has 0 saturated heterocycles. The molecule has 13 rings (SSSR count). The van der Waals surface area contributed by atoms with Crippen LogP contribution in [0, 0.1) is 35.5 Å². The largest absolute Gasteiger partial charge is 0.313 e. The fourth-order valence-corrected chi connectivity index (χ4v) is 15.4.